The van der Waals surface area contributed by atoms with Gasteiger partial charge in [0.05, 0.1) is 6.61 Å². The number of hydrogen-bond acceptors (Lipinski definition) is 4. The second-order valence-electron chi connectivity index (χ2n) is 6.35. The number of hydrogen-bond donors (Lipinski definition) is 1. The van der Waals surface area contributed by atoms with Crippen LogP contribution in [0, 0.1) is 5.92 Å². The Morgan fingerprint density at radius 2 is 1.76 bits per heavy atom. The fraction of sp³-hybridized carbons (Fsp3) is 0.632. The van der Waals surface area contributed by atoms with E-state index in [4.69, 9.17) is 27.9 Å². The molecule has 0 bridgehead atoms. The van der Waals surface area contributed by atoms with Crippen molar-refractivity contribution in [1.82, 2.24) is 5.32 Å². The molecule has 142 valence electrons. The first-order valence-electron chi connectivity index (χ1n) is 8.87. The van der Waals surface area contributed by atoms with Crippen LogP contribution in [-0.2, 0) is 16.1 Å². The minimum absolute atomic E-state index is 0.178. The van der Waals surface area contributed by atoms with Gasteiger partial charge in [-0.3, -0.25) is 4.79 Å². The molecule has 1 aromatic rings. The molecular formula is C19H30Cl2N2O2. The van der Waals surface area contributed by atoms with Gasteiger partial charge in [-0.05, 0) is 37.0 Å². The van der Waals surface area contributed by atoms with Crippen molar-refractivity contribution in [1.29, 1.82) is 0 Å². The van der Waals surface area contributed by atoms with Gasteiger partial charge in [0.15, 0.2) is 0 Å². The molecule has 0 saturated heterocycles. The highest BCUT2D eigenvalue weighted by molar-refractivity contribution is 6.18. The van der Waals surface area contributed by atoms with Crippen molar-refractivity contribution in [2.24, 2.45) is 5.92 Å². The van der Waals surface area contributed by atoms with E-state index in [9.17, 15) is 4.79 Å². The number of nitrogens with zero attached hydrogens (tertiary/aromatic N) is 1. The zero-order valence-electron chi connectivity index (χ0n) is 15.4. The van der Waals surface area contributed by atoms with E-state index < -0.39 is 0 Å². The average Bonchev–Trinajstić information content (AvgIpc) is 2.59. The standard InChI is InChI=1S/C19H30Cl2N2O2/c1-4-25-19(24)18(13-15(2)3)22-14-16-5-7-17(8-6-16)23(11-9-20)12-10-21/h5-8,15,18,22H,4,9-14H2,1-3H3/t18-/m1/s1. The highest BCUT2D eigenvalue weighted by Crippen LogP contribution is 2.16. The van der Waals surface area contributed by atoms with Gasteiger partial charge in [0.1, 0.15) is 6.04 Å². The second kappa shape index (κ2) is 12.4. The summed E-state index contributed by atoms with van der Waals surface area (Å²) < 4.78 is 5.16. The van der Waals surface area contributed by atoms with Crippen LogP contribution in [0.1, 0.15) is 32.8 Å². The monoisotopic (exact) mass is 388 g/mol. The summed E-state index contributed by atoms with van der Waals surface area (Å²) in [6, 6.07) is 7.99. The molecule has 0 saturated carbocycles. The van der Waals surface area contributed by atoms with Gasteiger partial charge in [-0.1, -0.05) is 26.0 Å². The first-order valence-corrected chi connectivity index (χ1v) is 9.94. The maximum absolute atomic E-state index is 12.1. The molecule has 1 atom stereocenters. The van der Waals surface area contributed by atoms with Crippen molar-refractivity contribution < 1.29 is 9.53 Å². The fourth-order valence-corrected chi connectivity index (χ4v) is 3.02. The van der Waals surface area contributed by atoms with Gasteiger partial charge in [0.25, 0.3) is 0 Å². The number of carbonyl (C=O) groups excluding carboxylic acids is 1. The molecule has 0 fully saturated rings. The van der Waals surface area contributed by atoms with Crippen LogP contribution in [0.5, 0.6) is 0 Å². The summed E-state index contributed by atoms with van der Waals surface area (Å²) in [5.41, 5.74) is 2.23. The molecular weight excluding hydrogens is 359 g/mol. The summed E-state index contributed by atoms with van der Waals surface area (Å²) in [6.07, 6.45) is 0.760. The molecule has 0 aromatic heterocycles. The van der Waals surface area contributed by atoms with Gasteiger partial charge in [-0.25, -0.2) is 0 Å². The van der Waals surface area contributed by atoms with Gasteiger partial charge >= 0.3 is 5.97 Å². The van der Waals surface area contributed by atoms with E-state index in [0.29, 0.717) is 30.8 Å². The van der Waals surface area contributed by atoms with Crippen molar-refractivity contribution in [3.63, 3.8) is 0 Å². The highest BCUT2D eigenvalue weighted by Gasteiger charge is 2.20. The Morgan fingerprint density at radius 3 is 2.24 bits per heavy atom. The molecule has 1 N–H and O–H groups in total. The number of nitrogens with one attached hydrogen (secondary N) is 1. The fourth-order valence-electron chi connectivity index (χ4n) is 2.62. The van der Waals surface area contributed by atoms with Crippen LogP contribution in [0.4, 0.5) is 5.69 Å². The van der Waals surface area contributed by atoms with E-state index in [1.165, 1.54) is 0 Å². The lowest BCUT2D eigenvalue weighted by molar-refractivity contribution is -0.146. The summed E-state index contributed by atoms with van der Waals surface area (Å²) in [6.45, 7) is 8.60. The first kappa shape index (κ1) is 22.1. The summed E-state index contributed by atoms with van der Waals surface area (Å²) in [4.78, 5) is 14.2. The van der Waals surface area contributed by atoms with Crippen LogP contribution < -0.4 is 10.2 Å². The summed E-state index contributed by atoms with van der Waals surface area (Å²) >= 11 is 11.7. The van der Waals surface area contributed by atoms with E-state index in [1.54, 1.807) is 0 Å². The molecule has 4 nitrogen and oxygen atoms in total. The topological polar surface area (TPSA) is 41.6 Å². The zero-order chi connectivity index (χ0) is 18.7. The number of carbonyl (C=O) groups is 1. The molecule has 0 aliphatic rings. The third-order valence-electron chi connectivity index (χ3n) is 3.84. The molecule has 0 spiro atoms. The minimum Gasteiger partial charge on any atom is -0.465 e. The normalized spacial score (nSPS) is 12.2. The average molecular weight is 389 g/mol. The van der Waals surface area contributed by atoms with Crippen LogP contribution in [0.25, 0.3) is 0 Å². The van der Waals surface area contributed by atoms with Crippen molar-refractivity contribution in [2.75, 3.05) is 36.4 Å². The Morgan fingerprint density at radius 1 is 1.16 bits per heavy atom. The third kappa shape index (κ3) is 8.30. The molecule has 1 aromatic carbocycles. The quantitative estimate of drug-likeness (QED) is 0.433. The van der Waals surface area contributed by atoms with Crippen LogP contribution in [0.2, 0.25) is 0 Å². The summed E-state index contributed by atoms with van der Waals surface area (Å²) in [5, 5.41) is 3.32. The van der Waals surface area contributed by atoms with Crippen LogP contribution >= 0.6 is 23.2 Å². The van der Waals surface area contributed by atoms with E-state index in [-0.39, 0.29) is 12.0 Å². The van der Waals surface area contributed by atoms with Gasteiger partial charge in [-0.2, -0.15) is 0 Å². The Kier molecular flexibility index (Phi) is 10.9. The number of alkyl halides is 2. The molecule has 1 rings (SSSR count). The predicted molar refractivity (Wildman–Crippen MR) is 107 cm³/mol. The lowest BCUT2D eigenvalue weighted by atomic mass is 10.0. The van der Waals surface area contributed by atoms with Gasteiger partial charge < -0.3 is 15.0 Å². The number of esters is 1. The molecule has 0 radical (unpaired) electrons. The number of rotatable bonds is 12. The van der Waals surface area contributed by atoms with Crippen LogP contribution in [0.15, 0.2) is 24.3 Å². The van der Waals surface area contributed by atoms with E-state index in [0.717, 1.165) is 30.8 Å². The number of anilines is 1. The minimum atomic E-state index is -0.274. The predicted octanol–water partition coefficient (Wildman–Crippen LogP) is 4.04. The van der Waals surface area contributed by atoms with Crippen molar-refractivity contribution in [3.8, 4) is 0 Å². The Balaban J connectivity index is 2.67. The van der Waals surface area contributed by atoms with Gasteiger partial charge in [0, 0.05) is 37.1 Å². The number of halogens is 2. The molecule has 0 aliphatic heterocycles. The van der Waals surface area contributed by atoms with E-state index in [1.807, 2.05) is 6.92 Å². The first-order chi connectivity index (χ1) is 12.0. The van der Waals surface area contributed by atoms with Gasteiger partial charge in [-0.15, -0.1) is 23.2 Å². The largest absolute Gasteiger partial charge is 0.465 e. The van der Waals surface area contributed by atoms with Crippen LogP contribution in [0.3, 0.4) is 0 Å². The molecule has 25 heavy (non-hydrogen) atoms. The molecule has 0 amide bonds. The van der Waals surface area contributed by atoms with Gasteiger partial charge in [0.2, 0.25) is 0 Å². The maximum Gasteiger partial charge on any atom is 0.323 e. The van der Waals surface area contributed by atoms with Crippen molar-refractivity contribution in [3.05, 3.63) is 29.8 Å². The zero-order valence-corrected chi connectivity index (χ0v) is 16.9. The van der Waals surface area contributed by atoms with E-state index >= 15 is 0 Å². The summed E-state index contributed by atoms with van der Waals surface area (Å²) in [7, 11) is 0. The smallest absolute Gasteiger partial charge is 0.323 e. The lowest BCUT2D eigenvalue weighted by Crippen LogP contribution is -2.38. The maximum atomic E-state index is 12.1. The molecule has 0 aliphatic carbocycles. The third-order valence-corrected chi connectivity index (χ3v) is 4.18. The van der Waals surface area contributed by atoms with Crippen molar-refractivity contribution in [2.45, 2.75) is 39.8 Å². The summed E-state index contributed by atoms with van der Waals surface area (Å²) in [5.74, 6) is 1.37. The Bertz CT molecular complexity index is 489. The van der Waals surface area contributed by atoms with Crippen molar-refractivity contribution >= 4 is 34.9 Å². The number of ether oxygens (including phenoxy) is 1. The highest BCUT2D eigenvalue weighted by atomic mass is 35.5. The second-order valence-corrected chi connectivity index (χ2v) is 7.10. The molecule has 0 unspecified atom stereocenters. The molecule has 6 heteroatoms. The Hall–Kier alpha value is -0.970. The SMILES string of the molecule is CCOC(=O)[C@@H](CC(C)C)NCc1ccc(N(CCCl)CCCl)cc1. The number of benzene rings is 1. The van der Waals surface area contributed by atoms with Crippen LogP contribution in [-0.4, -0.2) is 43.5 Å². The van der Waals surface area contributed by atoms with E-state index in [2.05, 4.69) is 48.3 Å². The molecule has 0 heterocycles. The Labute approximate surface area is 161 Å². The lowest BCUT2D eigenvalue weighted by Gasteiger charge is -2.23.